The van der Waals surface area contributed by atoms with Crippen molar-refractivity contribution in [3.05, 3.63) is 82.9 Å². The monoisotopic (exact) mass is 420 g/mol. The van der Waals surface area contributed by atoms with Crippen molar-refractivity contribution in [3.8, 4) is 11.5 Å². The average Bonchev–Trinajstić information content (AvgIpc) is 3.38. The molecule has 0 aliphatic carbocycles. The third-order valence-electron chi connectivity index (χ3n) is 5.12. The molecule has 0 aliphatic heterocycles. The Balaban J connectivity index is 1.51. The Labute approximate surface area is 179 Å². The van der Waals surface area contributed by atoms with Crippen LogP contribution in [0.15, 0.2) is 66.0 Å². The SMILES string of the molecule is COc1ccc(CNC(=O)c2cc3sccc3n2CCc2ccccc2)cc1OC. The van der Waals surface area contributed by atoms with Crippen molar-refractivity contribution in [2.45, 2.75) is 19.5 Å². The third-order valence-corrected chi connectivity index (χ3v) is 5.98. The number of rotatable bonds is 8. The summed E-state index contributed by atoms with van der Waals surface area (Å²) in [4.78, 5) is 13.0. The highest BCUT2D eigenvalue weighted by molar-refractivity contribution is 7.17. The van der Waals surface area contributed by atoms with E-state index in [1.165, 1.54) is 5.56 Å². The second kappa shape index (κ2) is 9.05. The van der Waals surface area contributed by atoms with E-state index in [-0.39, 0.29) is 5.91 Å². The zero-order chi connectivity index (χ0) is 20.9. The van der Waals surface area contributed by atoms with Gasteiger partial charge in [-0.25, -0.2) is 0 Å². The van der Waals surface area contributed by atoms with Crippen molar-refractivity contribution >= 4 is 27.5 Å². The van der Waals surface area contributed by atoms with Gasteiger partial charge < -0.3 is 19.4 Å². The molecular weight excluding hydrogens is 396 g/mol. The van der Waals surface area contributed by atoms with Crippen molar-refractivity contribution < 1.29 is 14.3 Å². The van der Waals surface area contributed by atoms with Gasteiger partial charge in [0.2, 0.25) is 0 Å². The number of fused-ring (bicyclic) bond motifs is 1. The molecule has 0 saturated carbocycles. The zero-order valence-corrected chi connectivity index (χ0v) is 17.9. The molecule has 0 bridgehead atoms. The molecule has 0 unspecified atom stereocenters. The maximum absolute atomic E-state index is 13.0. The number of aromatic nitrogens is 1. The zero-order valence-electron chi connectivity index (χ0n) is 17.1. The van der Waals surface area contributed by atoms with Crippen LogP contribution in [0.5, 0.6) is 11.5 Å². The number of aryl methyl sites for hydroxylation is 2. The minimum absolute atomic E-state index is 0.0822. The normalized spacial score (nSPS) is 10.9. The van der Waals surface area contributed by atoms with Crippen LogP contribution in [-0.4, -0.2) is 24.7 Å². The van der Waals surface area contributed by atoms with E-state index in [0.717, 1.165) is 28.7 Å². The number of hydrogen-bond donors (Lipinski definition) is 1. The van der Waals surface area contributed by atoms with Crippen LogP contribution in [0.3, 0.4) is 0 Å². The van der Waals surface area contributed by atoms with Gasteiger partial charge in [-0.05, 0) is 47.2 Å². The van der Waals surface area contributed by atoms with Crippen molar-refractivity contribution in [3.63, 3.8) is 0 Å². The van der Waals surface area contributed by atoms with E-state index < -0.39 is 0 Å². The number of amides is 1. The predicted octanol–water partition coefficient (Wildman–Crippen LogP) is 4.89. The van der Waals surface area contributed by atoms with Gasteiger partial charge in [0.05, 0.1) is 24.4 Å². The summed E-state index contributed by atoms with van der Waals surface area (Å²) in [5.74, 6) is 1.24. The van der Waals surface area contributed by atoms with Crippen molar-refractivity contribution in [2.24, 2.45) is 0 Å². The highest BCUT2D eigenvalue weighted by Crippen LogP contribution is 2.28. The first-order valence-corrected chi connectivity index (χ1v) is 10.7. The molecule has 2 aromatic heterocycles. The Bertz CT molecular complexity index is 1150. The van der Waals surface area contributed by atoms with E-state index in [4.69, 9.17) is 9.47 Å². The van der Waals surface area contributed by atoms with Crippen molar-refractivity contribution in [1.82, 2.24) is 9.88 Å². The quantitative estimate of drug-likeness (QED) is 0.441. The molecular formula is C24H24N2O3S. The second-order valence-electron chi connectivity index (χ2n) is 6.96. The summed E-state index contributed by atoms with van der Waals surface area (Å²) >= 11 is 1.65. The molecule has 6 heteroatoms. The van der Waals surface area contributed by atoms with E-state index in [9.17, 15) is 4.79 Å². The third kappa shape index (κ3) is 4.19. The molecule has 4 rings (SSSR count). The van der Waals surface area contributed by atoms with Gasteiger partial charge in [-0.3, -0.25) is 4.79 Å². The van der Waals surface area contributed by atoms with Crippen molar-refractivity contribution in [2.75, 3.05) is 14.2 Å². The number of carbonyl (C=O) groups excluding carboxylic acids is 1. The molecule has 1 amide bonds. The van der Waals surface area contributed by atoms with E-state index in [2.05, 4.69) is 33.5 Å². The predicted molar refractivity (Wildman–Crippen MR) is 121 cm³/mol. The van der Waals surface area contributed by atoms with Gasteiger partial charge in [0.15, 0.2) is 11.5 Å². The molecule has 0 aliphatic rings. The molecule has 0 radical (unpaired) electrons. The lowest BCUT2D eigenvalue weighted by molar-refractivity contribution is 0.0942. The van der Waals surface area contributed by atoms with Crippen LogP contribution in [-0.2, 0) is 19.5 Å². The summed E-state index contributed by atoms with van der Waals surface area (Å²) in [5.41, 5.74) is 4.00. The van der Waals surface area contributed by atoms with Gasteiger partial charge in [0.1, 0.15) is 5.69 Å². The summed E-state index contributed by atoms with van der Waals surface area (Å²) in [6.45, 7) is 1.17. The van der Waals surface area contributed by atoms with Crippen LogP contribution >= 0.6 is 11.3 Å². The average molecular weight is 421 g/mol. The number of methoxy groups -OCH3 is 2. The Kier molecular flexibility index (Phi) is 6.05. The fourth-order valence-electron chi connectivity index (χ4n) is 3.56. The number of nitrogens with one attached hydrogen (secondary N) is 1. The molecule has 154 valence electrons. The van der Waals surface area contributed by atoms with Gasteiger partial charge in [-0.2, -0.15) is 0 Å². The number of benzene rings is 2. The fourth-order valence-corrected chi connectivity index (χ4v) is 4.38. The standard InChI is InChI=1S/C24H24N2O3S/c1-28-21-9-8-18(14-22(21)29-2)16-25-24(27)20-15-23-19(11-13-30-23)26(20)12-10-17-6-4-3-5-7-17/h3-9,11,13-15H,10,12,16H2,1-2H3,(H,25,27). The van der Waals surface area contributed by atoms with Gasteiger partial charge in [-0.15, -0.1) is 11.3 Å². The maximum atomic E-state index is 13.0. The highest BCUT2D eigenvalue weighted by Gasteiger charge is 2.16. The summed E-state index contributed by atoms with van der Waals surface area (Å²) in [7, 11) is 3.21. The highest BCUT2D eigenvalue weighted by atomic mass is 32.1. The molecule has 0 fully saturated rings. The van der Waals surface area contributed by atoms with Gasteiger partial charge >= 0.3 is 0 Å². The van der Waals surface area contributed by atoms with E-state index in [0.29, 0.717) is 23.7 Å². The summed E-state index contributed by atoms with van der Waals surface area (Å²) in [6, 6.07) is 20.0. The molecule has 0 saturated heterocycles. The van der Waals surface area contributed by atoms with Gasteiger partial charge in [0, 0.05) is 13.1 Å². The molecule has 4 aromatic rings. The first-order chi connectivity index (χ1) is 14.7. The topological polar surface area (TPSA) is 52.5 Å². The number of thiophene rings is 1. The smallest absolute Gasteiger partial charge is 0.268 e. The first kappa shape index (κ1) is 20.0. The number of carbonyl (C=O) groups is 1. The van der Waals surface area contributed by atoms with E-state index >= 15 is 0 Å². The number of ether oxygens (including phenoxy) is 2. The summed E-state index contributed by atoms with van der Waals surface area (Å²) in [5, 5.41) is 5.11. The fraction of sp³-hybridized carbons (Fsp3) is 0.208. The van der Waals surface area contributed by atoms with Crippen LogP contribution in [0, 0.1) is 0 Å². The van der Waals surface area contributed by atoms with Crippen LogP contribution in [0.25, 0.3) is 10.2 Å². The summed E-state index contributed by atoms with van der Waals surface area (Å²) in [6.07, 6.45) is 0.871. The minimum Gasteiger partial charge on any atom is -0.493 e. The van der Waals surface area contributed by atoms with Crippen LogP contribution in [0.2, 0.25) is 0 Å². The molecule has 0 atom stereocenters. The Hall–Kier alpha value is -3.25. The lowest BCUT2D eigenvalue weighted by Gasteiger charge is -2.12. The summed E-state index contributed by atoms with van der Waals surface area (Å²) < 4.78 is 13.9. The number of nitrogens with zero attached hydrogens (tertiary/aromatic N) is 1. The van der Waals surface area contributed by atoms with E-state index in [1.54, 1.807) is 25.6 Å². The minimum atomic E-state index is -0.0822. The van der Waals surface area contributed by atoms with E-state index in [1.807, 2.05) is 42.5 Å². The number of hydrogen-bond acceptors (Lipinski definition) is 4. The second-order valence-corrected chi connectivity index (χ2v) is 7.91. The molecule has 2 heterocycles. The Morgan fingerprint density at radius 2 is 1.77 bits per heavy atom. The maximum Gasteiger partial charge on any atom is 0.268 e. The van der Waals surface area contributed by atoms with Crippen LogP contribution < -0.4 is 14.8 Å². The van der Waals surface area contributed by atoms with Crippen LogP contribution in [0.1, 0.15) is 21.6 Å². The molecule has 5 nitrogen and oxygen atoms in total. The molecule has 30 heavy (non-hydrogen) atoms. The Morgan fingerprint density at radius 1 is 0.967 bits per heavy atom. The van der Waals surface area contributed by atoms with Crippen LogP contribution in [0.4, 0.5) is 0 Å². The van der Waals surface area contributed by atoms with Gasteiger partial charge in [-0.1, -0.05) is 36.4 Å². The molecule has 2 aromatic carbocycles. The first-order valence-electron chi connectivity index (χ1n) is 9.79. The largest absolute Gasteiger partial charge is 0.493 e. The Morgan fingerprint density at radius 3 is 2.53 bits per heavy atom. The molecule has 1 N–H and O–H groups in total. The van der Waals surface area contributed by atoms with Crippen molar-refractivity contribution in [1.29, 1.82) is 0 Å². The lowest BCUT2D eigenvalue weighted by Crippen LogP contribution is -2.25. The lowest BCUT2D eigenvalue weighted by atomic mass is 10.1. The molecule has 0 spiro atoms. The van der Waals surface area contributed by atoms with Gasteiger partial charge in [0.25, 0.3) is 5.91 Å².